The van der Waals surface area contributed by atoms with Gasteiger partial charge in [0.15, 0.2) is 6.10 Å². The van der Waals surface area contributed by atoms with Gasteiger partial charge in [0, 0.05) is 26.2 Å². The molecule has 1 aliphatic rings. The predicted octanol–water partition coefficient (Wildman–Crippen LogP) is 1.63. The van der Waals surface area contributed by atoms with Crippen molar-refractivity contribution >= 4 is 11.9 Å². The van der Waals surface area contributed by atoms with E-state index in [1.54, 1.807) is 18.7 Å². The van der Waals surface area contributed by atoms with E-state index in [-0.39, 0.29) is 5.91 Å². The van der Waals surface area contributed by atoms with E-state index in [1.807, 2.05) is 29.2 Å². The zero-order valence-electron chi connectivity index (χ0n) is 14.6. The number of hydrogen-bond donors (Lipinski definition) is 1. The van der Waals surface area contributed by atoms with E-state index < -0.39 is 18.1 Å². The quantitative estimate of drug-likeness (QED) is 0.856. The molecule has 1 N–H and O–H groups in total. The van der Waals surface area contributed by atoms with E-state index in [4.69, 9.17) is 9.84 Å². The Balaban J connectivity index is 1.86. The Morgan fingerprint density at radius 3 is 2.21 bits per heavy atom. The molecule has 2 rings (SSSR count). The Morgan fingerprint density at radius 2 is 1.71 bits per heavy atom. The van der Waals surface area contributed by atoms with Crippen LogP contribution in [0, 0.1) is 0 Å². The number of carbonyl (C=O) groups excluding carboxylic acids is 1. The van der Waals surface area contributed by atoms with Gasteiger partial charge < -0.3 is 14.7 Å². The maximum atomic E-state index is 12.5. The van der Waals surface area contributed by atoms with Crippen molar-refractivity contribution in [2.75, 3.05) is 26.2 Å². The van der Waals surface area contributed by atoms with Gasteiger partial charge >= 0.3 is 5.97 Å². The van der Waals surface area contributed by atoms with E-state index in [0.29, 0.717) is 31.9 Å². The molecule has 0 saturated carbocycles. The second-order valence-electron chi connectivity index (χ2n) is 6.13. The van der Waals surface area contributed by atoms with Crippen LogP contribution in [0.3, 0.4) is 0 Å². The summed E-state index contributed by atoms with van der Waals surface area (Å²) in [5.74, 6) is -0.203. The second-order valence-corrected chi connectivity index (χ2v) is 6.13. The molecular formula is C18H26N2O4. The molecule has 1 amide bonds. The van der Waals surface area contributed by atoms with Crippen molar-refractivity contribution in [1.82, 2.24) is 9.80 Å². The molecule has 132 valence electrons. The number of rotatable bonds is 6. The Labute approximate surface area is 143 Å². The highest BCUT2D eigenvalue weighted by Gasteiger charge is 2.29. The van der Waals surface area contributed by atoms with Crippen LogP contribution in [0.1, 0.15) is 26.3 Å². The minimum absolute atomic E-state index is 0.0582. The number of carbonyl (C=O) groups is 2. The number of ether oxygens (including phenoxy) is 1. The Kier molecular flexibility index (Phi) is 6.20. The first kappa shape index (κ1) is 18.3. The van der Waals surface area contributed by atoms with Crippen LogP contribution in [0.25, 0.3) is 0 Å². The maximum Gasteiger partial charge on any atom is 0.320 e. The number of hydrogen-bond acceptors (Lipinski definition) is 4. The topological polar surface area (TPSA) is 70.1 Å². The van der Waals surface area contributed by atoms with Crippen molar-refractivity contribution in [3.8, 4) is 5.75 Å². The minimum atomic E-state index is -0.831. The van der Waals surface area contributed by atoms with Gasteiger partial charge in [-0.25, -0.2) is 0 Å². The Morgan fingerprint density at radius 1 is 1.12 bits per heavy atom. The summed E-state index contributed by atoms with van der Waals surface area (Å²) in [5, 5.41) is 9.06. The van der Waals surface area contributed by atoms with E-state index in [0.717, 1.165) is 6.42 Å². The van der Waals surface area contributed by atoms with Gasteiger partial charge in [-0.3, -0.25) is 14.5 Å². The highest BCUT2D eigenvalue weighted by atomic mass is 16.5. The summed E-state index contributed by atoms with van der Waals surface area (Å²) >= 11 is 0. The van der Waals surface area contributed by atoms with Crippen LogP contribution in [0.4, 0.5) is 0 Å². The molecule has 0 radical (unpaired) electrons. The molecule has 0 aromatic heterocycles. The van der Waals surface area contributed by atoms with Crippen LogP contribution < -0.4 is 4.74 Å². The highest BCUT2D eigenvalue weighted by molar-refractivity contribution is 5.81. The van der Waals surface area contributed by atoms with Gasteiger partial charge in [0.2, 0.25) is 0 Å². The number of carboxylic acids is 1. The standard InChI is InChI=1S/C18H26N2O4/c1-4-15-5-7-16(8-6-15)24-14(3)17(21)20-11-9-19(10-12-20)13(2)18(22)23/h5-8,13-14H,4,9-12H2,1-3H3,(H,22,23)/t13-,14-/m0/s1. The lowest BCUT2D eigenvalue weighted by Crippen LogP contribution is -2.55. The summed E-state index contributed by atoms with van der Waals surface area (Å²) in [4.78, 5) is 27.2. The fourth-order valence-corrected chi connectivity index (χ4v) is 2.80. The number of aryl methyl sites for hydroxylation is 1. The van der Waals surface area contributed by atoms with Crippen molar-refractivity contribution in [3.05, 3.63) is 29.8 Å². The van der Waals surface area contributed by atoms with Gasteiger partial charge in [-0.1, -0.05) is 19.1 Å². The molecule has 6 nitrogen and oxygen atoms in total. The first-order chi connectivity index (χ1) is 11.4. The van der Waals surface area contributed by atoms with E-state index in [9.17, 15) is 9.59 Å². The van der Waals surface area contributed by atoms with Gasteiger partial charge in [-0.15, -0.1) is 0 Å². The third-order valence-corrected chi connectivity index (χ3v) is 4.52. The van der Waals surface area contributed by atoms with Gasteiger partial charge in [0.25, 0.3) is 5.91 Å². The number of carboxylic acid groups (broad SMARTS) is 1. The average molecular weight is 334 g/mol. The van der Waals surface area contributed by atoms with Gasteiger partial charge in [-0.05, 0) is 38.0 Å². The van der Waals surface area contributed by atoms with E-state index >= 15 is 0 Å². The second kappa shape index (κ2) is 8.15. The number of piperazine rings is 1. The van der Waals surface area contributed by atoms with Crippen molar-refractivity contribution in [2.24, 2.45) is 0 Å². The zero-order chi connectivity index (χ0) is 17.7. The highest BCUT2D eigenvalue weighted by Crippen LogP contribution is 2.16. The fourth-order valence-electron chi connectivity index (χ4n) is 2.80. The molecule has 1 aromatic carbocycles. The first-order valence-electron chi connectivity index (χ1n) is 8.43. The SMILES string of the molecule is CCc1ccc(O[C@@H](C)C(=O)N2CCN([C@@H](C)C(=O)O)CC2)cc1. The summed E-state index contributed by atoms with van der Waals surface area (Å²) < 4.78 is 5.74. The van der Waals surface area contributed by atoms with Crippen LogP contribution in [0.15, 0.2) is 24.3 Å². The lowest BCUT2D eigenvalue weighted by atomic mass is 10.2. The number of amides is 1. The number of nitrogens with zero attached hydrogens (tertiary/aromatic N) is 2. The molecule has 1 fully saturated rings. The molecule has 1 aliphatic heterocycles. The Hall–Kier alpha value is -2.08. The smallest absolute Gasteiger partial charge is 0.320 e. The van der Waals surface area contributed by atoms with Crippen molar-refractivity contribution in [1.29, 1.82) is 0 Å². The van der Waals surface area contributed by atoms with E-state index in [2.05, 4.69) is 6.92 Å². The van der Waals surface area contributed by atoms with Crippen LogP contribution in [0.2, 0.25) is 0 Å². The minimum Gasteiger partial charge on any atom is -0.481 e. The summed E-state index contributed by atoms with van der Waals surface area (Å²) in [6.45, 7) is 7.70. The van der Waals surface area contributed by atoms with Gasteiger partial charge in [-0.2, -0.15) is 0 Å². The fraction of sp³-hybridized carbons (Fsp3) is 0.556. The molecule has 1 aromatic rings. The molecule has 1 heterocycles. The molecule has 0 unspecified atom stereocenters. The number of aliphatic carboxylic acids is 1. The predicted molar refractivity (Wildman–Crippen MR) is 91.2 cm³/mol. The van der Waals surface area contributed by atoms with Crippen LogP contribution >= 0.6 is 0 Å². The van der Waals surface area contributed by atoms with E-state index in [1.165, 1.54) is 5.56 Å². The molecule has 2 atom stereocenters. The molecule has 24 heavy (non-hydrogen) atoms. The van der Waals surface area contributed by atoms with Crippen molar-refractivity contribution in [3.63, 3.8) is 0 Å². The van der Waals surface area contributed by atoms with Crippen molar-refractivity contribution in [2.45, 2.75) is 39.3 Å². The third-order valence-electron chi connectivity index (χ3n) is 4.52. The van der Waals surface area contributed by atoms with Gasteiger partial charge in [0.05, 0.1) is 0 Å². The molecule has 0 spiro atoms. The molecular weight excluding hydrogens is 308 g/mol. The largest absolute Gasteiger partial charge is 0.481 e. The lowest BCUT2D eigenvalue weighted by Gasteiger charge is -2.37. The lowest BCUT2D eigenvalue weighted by molar-refractivity contribution is -0.145. The normalized spacial score (nSPS) is 18.0. The molecule has 1 saturated heterocycles. The maximum absolute atomic E-state index is 12.5. The summed E-state index contributed by atoms with van der Waals surface area (Å²) in [7, 11) is 0. The summed E-state index contributed by atoms with van der Waals surface area (Å²) in [6.07, 6.45) is 0.411. The van der Waals surface area contributed by atoms with Crippen molar-refractivity contribution < 1.29 is 19.4 Å². The third kappa shape index (κ3) is 4.47. The van der Waals surface area contributed by atoms with Crippen LogP contribution in [-0.2, 0) is 16.0 Å². The summed E-state index contributed by atoms with van der Waals surface area (Å²) in [6, 6.07) is 7.24. The first-order valence-corrected chi connectivity index (χ1v) is 8.43. The van der Waals surface area contributed by atoms with Gasteiger partial charge in [0.1, 0.15) is 11.8 Å². The molecule has 0 bridgehead atoms. The Bertz CT molecular complexity index is 565. The van der Waals surface area contributed by atoms with Crippen LogP contribution in [0.5, 0.6) is 5.75 Å². The molecule has 0 aliphatic carbocycles. The molecule has 6 heteroatoms. The average Bonchev–Trinajstić information content (AvgIpc) is 2.61. The monoisotopic (exact) mass is 334 g/mol. The zero-order valence-corrected chi connectivity index (χ0v) is 14.6. The van der Waals surface area contributed by atoms with Crippen LogP contribution in [-0.4, -0.2) is 65.1 Å². The summed E-state index contributed by atoms with van der Waals surface area (Å²) in [5.41, 5.74) is 1.23. The number of benzene rings is 1.